The van der Waals surface area contributed by atoms with Crippen molar-refractivity contribution in [3.05, 3.63) is 76.2 Å². The molecule has 0 aliphatic carbocycles. The molecular formula is C25H29N3O3. The molecular weight excluding hydrogens is 390 g/mol. The van der Waals surface area contributed by atoms with Crippen LogP contribution in [0.4, 0.5) is 5.69 Å². The fraction of sp³-hybridized carbons (Fsp3) is 0.400. The Hall–Kier alpha value is -2.67. The number of fused-ring (bicyclic) bond motifs is 2. The first-order valence-electron chi connectivity index (χ1n) is 11.1. The van der Waals surface area contributed by atoms with Gasteiger partial charge in [0.15, 0.2) is 0 Å². The summed E-state index contributed by atoms with van der Waals surface area (Å²) in [5, 5.41) is 12.3. The SMILES string of the molecule is O=c1c2ccc(N3CCOCC3)cc2ccn1C[C@H](O)CN1CCc2ccccc2C1. The molecule has 1 N–H and O–H groups in total. The van der Waals surface area contributed by atoms with Crippen LogP contribution >= 0.6 is 0 Å². The van der Waals surface area contributed by atoms with Crippen LogP contribution in [0.25, 0.3) is 10.8 Å². The first kappa shape index (κ1) is 20.2. The second-order valence-electron chi connectivity index (χ2n) is 8.55. The Labute approximate surface area is 182 Å². The summed E-state index contributed by atoms with van der Waals surface area (Å²) in [4.78, 5) is 17.6. The molecule has 1 aromatic heterocycles. The zero-order valence-electron chi connectivity index (χ0n) is 17.7. The number of pyridine rings is 1. The summed E-state index contributed by atoms with van der Waals surface area (Å²) in [6.07, 6.45) is 2.22. The average Bonchev–Trinajstić information content (AvgIpc) is 2.81. The molecule has 3 heterocycles. The quantitative estimate of drug-likeness (QED) is 0.688. The van der Waals surface area contributed by atoms with Crippen molar-refractivity contribution in [2.45, 2.75) is 25.6 Å². The molecule has 2 aromatic carbocycles. The number of β-amino-alcohol motifs (C(OH)–C–C–N with tert-alkyl or cyclic N) is 1. The minimum Gasteiger partial charge on any atom is -0.390 e. The van der Waals surface area contributed by atoms with E-state index in [0.29, 0.717) is 18.5 Å². The van der Waals surface area contributed by atoms with Gasteiger partial charge in [-0.15, -0.1) is 0 Å². The molecule has 6 heteroatoms. The van der Waals surface area contributed by atoms with Gasteiger partial charge < -0.3 is 19.3 Å². The molecule has 2 aliphatic heterocycles. The molecule has 31 heavy (non-hydrogen) atoms. The summed E-state index contributed by atoms with van der Waals surface area (Å²) in [5.74, 6) is 0. The highest BCUT2D eigenvalue weighted by Gasteiger charge is 2.19. The summed E-state index contributed by atoms with van der Waals surface area (Å²) < 4.78 is 7.07. The van der Waals surface area contributed by atoms with E-state index in [1.54, 1.807) is 4.57 Å². The zero-order valence-corrected chi connectivity index (χ0v) is 17.7. The molecule has 0 amide bonds. The van der Waals surface area contributed by atoms with Gasteiger partial charge in [-0.3, -0.25) is 9.69 Å². The maximum absolute atomic E-state index is 13.0. The number of aliphatic hydroxyl groups excluding tert-OH is 1. The Morgan fingerprint density at radius 2 is 1.77 bits per heavy atom. The molecule has 1 atom stereocenters. The molecule has 0 unspecified atom stereocenters. The van der Waals surface area contributed by atoms with Crippen LogP contribution in [0.2, 0.25) is 0 Å². The summed E-state index contributed by atoms with van der Waals surface area (Å²) >= 11 is 0. The van der Waals surface area contributed by atoms with Gasteiger partial charge in [0.05, 0.1) is 25.9 Å². The van der Waals surface area contributed by atoms with Gasteiger partial charge in [0.1, 0.15) is 0 Å². The maximum Gasteiger partial charge on any atom is 0.258 e. The first-order valence-corrected chi connectivity index (χ1v) is 11.1. The molecule has 162 valence electrons. The lowest BCUT2D eigenvalue weighted by Crippen LogP contribution is -2.39. The van der Waals surface area contributed by atoms with E-state index in [4.69, 9.17) is 4.74 Å². The number of rotatable bonds is 5. The van der Waals surface area contributed by atoms with Crippen LogP contribution < -0.4 is 10.5 Å². The fourth-order valence-corrected chi connectivity index (χ4v) is 4.73. The molecule has 5 rings (SSSR count). The number of aromatic nitrogens is 1. The van der Waals surface area contributed by atoms with Crippen LogP contribution in [-0.2, 0) is 24.2 Å². The van der Waals surface area contributed by atoms with E-state index in [-0.39, 0.29) is 5.56 Å². The number of nitrogens with zero attached hydrogens (tertiary/aromatic N) is 3. The second kappa shape index (κ2) is 8.83. The van der Waals surface area contributed by atoms with Crippen molar-refractivity contribution < 1.29 is 9.84 Å². The van der Waals surface area contributed by atoms with Crippen molar-refractivity contribution in [1.82, 2.24) is 9.47 Å². The van der Waals surface area contributed by atoms with Gasteiger partial charge in [-0.2, -0.15) is 0 Å². The number of morpholine rings is 1. The van der Waals surface area contributed by atoms with Gasteiger partial charge in [0.2, 0.25) is 0 Å². The summed E-state index contributed by atoms with van der Waals surface area (Å²) in [6, 6.07) is 16.5. The third-order valence-electron chi connectivity index (χ3n) is 6.42. The number of hydrogen-bond donors (Lipinski definition) is 1. The van der Waals surface area contributed by atoms with E-state index in [9.17, 15) is 9.90 Å². The molecule has 0 spiro atoms. The average molecular weight is 420 g/mol. The second-order valence-corrected chi connectivity index (χ2v) is 8.55. The Morgan fingerprint density at radius 3 is 2.61 bits per heavy atom. The molecule has 1 fully saturated rings. The number of ether oxygens (including phenoxy) is 1. The van der Waals surface area contributed by atoms with Crippen LogP contribution in [0.5, 0.6) is 0 Å². The Bertz CT molecular complexity index is 1120. The van der Waals surface area contributed by atoms with Gasteiger partial charge >= 0.3 is 0 Å². The monoisotopic (exact) mass is 419 g/mol. The molecule has 3 aromatic rings. The van der Waals surface area contributed by atoms with Crippen molar-refractivity contribution in [1.29, 1.82) is 0 Å². The normalized spacial score (nSPS) is 18.2. The van der Waals surface area contributed by atoms with Gasteiger partial charge in [-0.25, -0.2) is 0 Å². The topological polar surface area (TPSA) is 57.9 Å². The molecule has 0 saturated carbocycles. The Balaban J connectivity index is 1.28. The van der Waals surface area contributed by atoms with Gasteiger partial charge in [0, 0.05) is 50.0 Å². The van der Waals surface area contributed by atoms with Crippen LogP contribution in [-0.4, -0.2) is 60.1 Å². The Kier molecular flexibility index (Phi) is 5.76. The maximum atomic E-state index is 13.0. The zero-order chi connectivity index (χ0) is 21.2. The lowest BCUT2D eigenvalue weighted by molar-refractivity contribution is 0.0911. The molecule has 0 bridgehead atoms. The van der Waals surface area contributed by atoms with Gasteiger partial charge in [-0.05, 0) is 47.2 Å². The fourth-order valence-electron chi connectivity index (χ4n) is 4.73. The van der Waals surface area contributed by atoms with Crippen LogP contribution in [0.1, 0.15) is 11.1 Å². The number of anilines is 1. The number of aliphatic hydroxyl groups is 1. The predicted octanol–water partition coefficient (Wildman–Crippen LogP) is 2.26. The third-order valence-corrected chi connectivity index (χ3v) is 6.42. The smallest absolute Gasteiger partial charge is 0.258 e. The largest absolute Gasteiger partial charge is 0.390 e. The standard InChI is InChI=1S/C25H29N3O3/c29-23(17-26-9-7-19-3-1-2-4-21(19)16-26)18-28-10-8-20-15-22(5-6-24(20)25(28)30)27-11-13-31-14-12-27/h1-6,8,10,15,23,29H,7,9,11-14,16-18H2/t23-/m1/s1. The molecule has 6 nitrogen and oxygen atoms in total. The highest BCUT2D eigenvalue weighted by atomic mass is 16.5. The lowest BCUT2D eigenvalue weighted by atomic mass is 10.00. The summed E-state index contributed by atoms with van der Waals surface area (Å²) in [7, 11) is 0. The van der Waals surface area contributed by atoms with Crippen molar-refractivity contribution in [2.24, 2.45) is 0 Å². The molecule has 2 aliphatic rings. The highest BCUT2D eigenvalue weighted by Crippen LogP contribution is 2.22. The molecule has 0 radical (unpaired) electrons. The van der Waals surface area contributed by atoms with Crippen molar-refractivity contribution in [3.63, 3.8) is 0 Å². The number of benzene rings is 2. The third kappa shape index (κ3) is 4.37. The van der Waals surface area contributed by atoms with Crippen LogP contribution in [0.15, 0.2) is 59.5 Å². The predicted molar refractivity (Wildman–Crippen MR) is 123 cm³/mol. The molecule has 1 saturated heterocycles. The number of hydrogen-bond acceptors (Lipinski definition) is 5. The Morgan fingerprint density at radius 1 is 0.968 bits per heavy atom. The highest BCUT2D eigenvalue weighted by molar-refractivity contribution is 5.85. The van der Waals surface area contributed by atoms with Crippen molar-refractivity contribution in [2.75, 3.05) is 44.3 Å². The van der Waals surface area contributed by atoms with Crippen molar-refractivity contribution in [3.8, 4) is 0 Å². The van der Waals surface area contributed by atoms with Gasteiger partial charge in [0.25, 0.3) is 5.56 Å². The summed E-state index contributed by atoms with van der Waals surface area (Å²) in [5.41, 5.74) is 3.81. The van der Waals surface area contributed by atoms with Crippen molar-refractivity contribution >= 4 is 16.5 Å². The van der Waals surface area contributed by atoms with Crippen LogP contribution in [0.3, 0.4) is 0 Å². The van der Waals surface area contributed by atoms with Gasteiger partial charge in [-0.1, -0.05) is 24.3 Å². The van der Waals surface area contributed by atoms with E-state index < -0.39 is 6.10 Å². The van der Waals surface area contributed by atoms with E-state index in [2.05, 4.69) is 40.1 Å². The minimum absolute atomic E-state index is 0.0472. The van der Waals surface area contributed by atoms with E-state index in [0.717, 1.165) is 56.9 Å². The lowest BCUT2D eigenvalue weighted by Gasteiger charge is -2.30. The van der Waals surface area contributed by atoms with E-state index in [1.165, 1.54) is 11.1 Å². The first-order chi connectivity index (χ1) is 15.2. The van der Waals surface area contributed by atoms with E-state index >= 15 is 0 Å². The van der Waals surface area contributed by atoms with Crippen LogP contribution in [0, 0.1) is 0 Å². The van der Waals surface area contributed by atoms with E-state index in [1.807, 2.05) is 24.4 Å². The summed E-state index contributed by atoms with van der Waals surface area (Å²) in [6.45, 7) is 5.87. The minimum atomic E-state index is -0.590.